The predicted octanol–water partition coefficient (Wildman–Crippen LogP) is 1.23. The van der Waals surface area contributed by atoms with Crippen LogP contribution in [0.4, 0.5) is 0 Å². The summed E-state index contributed by atoms with van der Waals surface area (Å²) in [6.07, 6.45) is 0. The molecule has 0 bridgehead atoms. The van der Waals surface area contributed by atoms with Gasteiger partial charge < -0.3 is 4.90 Å². The Kier molecular flexibility index (Phi) is 6.04. The van der Waals surface area contributed by atoms with Crippen molar-refractivity contribution in [2.45, 2.75) is 14.4 Å². The second-order valence-corrected chi connectivity index (χ2v) is 1.67. The highest BCUT2D eigenvalue weighted by molar-refractivity contribution is 5.78. The normalized spacial score (nSPS) is 10.2. The van der Waals surface area contributed by atoms with Gasteiger partial charge in [0.25, 0.3) is 0 Å². The molecule has 0 aliphatic heterocycles. The Morgan fingerprint density at radius 1 is 1.38 bits per heavy atom. The van der Waals surface area contributed by atoms with E-state index in [2.05, 4.69) is 4.99 Å². The lowest BCUT2D eigenvalue weighted by Gasteiger charge is -2.08. The first-order chi connectivity index (χ1) is 3.18. The Balaban J connectivity index is 0. The van der Waals surface area contributed by atoms with Gasteiger partial charge in [0.05, 0.1) is 5.84 Å². The molecular formula is C6H16N2. The summed E-state index contributed by atoms with van der Waals surface area (Å²) >= 11 is 0. The number of nitrogens with zero attached hydrogens (tertiary/aromatic N) is 2. The van der Waals surface area contributed by atoms with Crippen LogP contribution in [0.1, 0.15) is 14.4 Å². The number of aliphatic imine (C=N–C) groups is 1. The third-order valence-corrected chi connectivity index (χ3v) is 0.971. The van der Waals surface area contributed by atoms with Crippen LogP contribution >= 0.6 is 0 Å². The molecule has 0 rings (SSSR count). The zero-order chi connectivity index (χ0) is 5.86. The first kappa shape index (κ1) is 10.5. The van der Waals surface area contributed by atoms with Gasteiger partial charge in [-0.2, -0.15) is 0 Å². The Labute approximate surface area is 52.2 Å². The van der Waals surface area contributed by atoms with Crippen molar-refractivity contribution in [1.82, 2.24) is 4.90 Å². The molecule has 2 heteroatoms. The van der Waals surface area contributed by atoms with Crippen LogP contribution in [0, 0.1) is 0 Å². The van der Waals surface area contributed by atoms with Gasteiger partial charge in [0.2, 0.25) is 0 Å². The van der Waals surface area contributed by atoms with Crippen molar-refractivity contribution in [2.75, 3.05) is 21.1 Å². The summed E-state index contributed by atoms with van der Waals surface area (Å²) in [5.74, 6) is 1.06. The highest BCUT2D eigenvalue weighted by atomic mass is 15.1. The smallest absolute Gasteiger partial charge is 0.0948 e. The quantitative estimate of drug-likeness (QED) is 0.343. The molecule has 2 nitrogen and oxygen atoms in total. The Morgan fingerprint density at radius 3 is 1.75 bits per heavy atom. The molecule has 0 N–H and O–H groups in total. The molecule has 0 fully saturated rings. The first-order valence-corrected chi connectivity index (χ1v) is 2.29. The maximum Gasteiger partial charge on any atom is 0.0948 e. The van der Waals surface area contributed by atoms with Crippen LogP contribution in [-0.4, -0.2) is 31.9 Å². The average Bonchev–Trinajstić information content (AvgIpc) is 1.65. The third kappa shape index (κ3) is 3.65. The van der Waals surface area contributed by atoms with Gasteiger partial charge in [-0.15, -0.1) is 0 Å². The average molecular weight is 116 g/mol. The molecule has 0 saturated carbocycles. The molecule has 0 aromatic heterocycles. The number of rotatable bonds is 0. The van der Waals surface area contributed by atoms with Gasteiger partial charge in [0.1, 0.15) is 0 Å². The number of hydrogen-bond donors (Lipinski definition) is 0. The van der Waals surface area contributed by atoms with Crippen molar-refractivity contribution >= 4 is 5.84 Å². The van der Waals surface area contributed by atoms with Crippen LogP contribution in [0.25, 0.3) is 0 Å². The fourth-order valence-electron chi connectivity index (χ4n) is 0.200. The van der Waals surface area contributed by atoms with Crippen molar-refractivity contribution in [3.05, 3.63) is 0 Å². The van der Waals surface area contributed by atoms with Gasteiger partial charge in [-0.05, 0) is 6.92 Å². The van der Waals surface area contributed by atoms with E-state index in [1.54, 1.807) is 7.05 Å². The Hall–Kier alpha value is -0.530. The standard InChI is InChI=1S/C5H12N2.CH4/c1-5(6-2)7(3)4;/h1-4H3;1H4. The summed E-state index contributed by atoms with van der Waals surface area (Å²) in [5.41, 5.74) is 0. The minimum Gasteiger partial charge on any atom is -0.367 e. The van der Waals surface area contributed by atoms with Gasteiger partial charge in [-0.25, -0.2) is 0 Å². The van der Waals surface area contributed by atoms with Crippen LogP contribution in [0.3, 0.4) is 0 Å². The van der Waals surface area contributed by atoms with Crippen molar-refractivity contribution in [2.24, 2.45) is 4.99 Å². The summed E-state index contributed by atoms with van der Waals surface area (Å²) in [5, 5.41) is 0. The molecular weight excluding hydrogens is 100 g/mol. The largest absolute Gasteiger partial charge is 0.367 e. The lowest BCUT2D eigenvalue weighted by Crippen LogP contribution is -2.17. The van der Waals surface area contributed by atoms with Crippen LogP contribution in [0.5, 0.6) is 0 Å². The maximum atomic E-state index is 3.93. The van der Waals surface area contributed by atoms with Gasteiger partial charge in [-0.1, -0.05) is 7.43 Å². The van der Waals surface area contributed by atoms with Crippen LogP contribution in [0.2, 0.25) is 0 Å². The Morgan fingerprint density at radius 2 is 1.75 bits per heavy atom. The van der Waals surface area contributed by atoms with Crippen molar-refractivity contribution in [3.8, 4) is 0 Å². The molecule has 8 heavy (non-hydrogen) atoms. The minimum absolute atomic E-state index is 0. The van der Waals surface area contributed by atoms with Gasteiger partial charge in [0.15, 0.2) is 0 Å². The monoisotopic (exact) mass is 116 g/mol. The minimum atomic E-state index is 0. The number of hydrogen-bond acceptors (Lipinski definition) is 1. The van der Waals surface area contributed by atoms with Crippen LogP contribution in [-0.2, 0) is 0 Å². The molecule has 0 saturated heterocycles. The molecule has 0 atom stereocenters. The zero-order valence-electron chi connectivity index (χ0n) is 5.39. The van der Waals surface area contributed by atoms with Crippen LogP contribution in [0.15, 0.2) is 4.99 Å². The predicted molar refractivity (Wildman–Crippen MR) is 39.5 cm³/mol. The third-order valence-electron chi connectivity index (χ3n) is 0.971. The molecule has 0 heterocycles. The molecule has 0 radical (unpaired) electrons. The molecule has 0 aromatic rings. The Bertz CT molecular complexity index is 74.6. The van der Waals surface area contributed by atoms with Gasteiger partial charge in [-0.3, -0.25) is 4.99 Å². The lowest BCUT2D eigenvalue weighted by atomic mass is 10.6. The van der Waals surface area contributed by atoms with E-state index in [1.807, 2.05) is 25.9 Å². The van der Waals surface area contributed by atoms with E-state index in [1.165, 1.54) is 0 Å². The molecule has 0 spiro atoms. The van der Waals surface area contributed by atoms with E-state index in [-0.39, 0.29) is 7.43 Å². The van der Waals surface area contributed by atoms with E-state index in [0.29, 0.717) is 0 Å². The van der Waals surface area contributed by atoms with E-state index in [4.69, 9.17) is 0 Å². The summed E-state index contributed by atoms with van der Waals surface area (Å²) in [4.78, 5) is 5.90. The summed E-state index contributed by atoms with van der Waals surface area (Å²) in [6.45, 7) is 1.97. The second kappa shape index (κ2) is 4.62. The second-order valence-electron chi connectivity index (χ2n) is 1.67. The van der Waals surface area contributed by atoms with Crippen LogP contribution < -0.4 is 0 Å². The first-order valence-electron chi connectivity index (χ1n) is 2.29. The molecule has 0 unspecified atom stereocenters. The van der Waals surface area contributed by atoms with Crippen molar-refractivity contribution in [1.29, 1.82) is 0 Å². The molecule has 50 valence electrons. The van der Waals surface area contributed by atoms with E-state index < -0.39 is 0 Å². The molecule has 0 aliphatic rings. The fraction of sp³-hybridized carbons (Fsp3) is 0.833. The summed E-state index contributed by atoms with van der Waals surface area (Å²) < 4.78 is 0. The fourth-order valence-corrected chi connectivity index (χ4v) is 0.200. The molecule has 0 amide bonds. The van der Waals surface area contributed by atoms with Crippen molar-refractivity contribution in [3.63, 3.8) is 0 Å². The molecule has 0 aliphatic carbocycles. The van der Waals surface area contributed by atoms with E-state index in [9.17, 15) is 0 Å². The lowest BCUT2D eigenvalue weighted by molar-refractivity contribution is 0.617. The van der Waals surface area contributed by atoms with Crippen molar-refractivity contribution < 1.29 is 0 Å². The topological polar surface area (TPSA) is 15.6 Å². The summed E-state index contributed by atoms with van der Waals surface area (Å²) in [7, 11) is 5.74. The highest BCUT2D eigenvalue weighted by Crippen LogP contribution is 1.76. The van der Waals surface area contributed by atoms with E-state index >= 15 is 0 Å². The summed E-state index contributed by atoms with van der Waals surface area (Å²) in [6, 6.07) is 0. The zero-order valence-corrected chi connectivity index (χ0v) is 5.39. The van der Waals surface area contributed by atoms with Gasteiger partial charge >= 0.3 is 0 Å². The highest BCUT2D eigenvalue weighted by Gasteiger charge is 1.85. The maximum absolute atomic E-state index is 3.93. The van der Waals surface area contributed by atoms with E-state index in [0.717, 1.165) is 5.84 Å². The molecule has 0 aromatic carbocycles. The SMILES string of the molecule is C.CN=C(C)N(C)C. The van der Waals surface area contributed by atoms with Gasteiger partial charge in [0, 0.05) is 21.1 Å². The number of amidine groups is 1.